The number of benzene rings is 2. The second-order valence-corrected chi connectivity index (χ2v) is 6.62. The first-order valence-corrected chi connectivity index (χ1v) is 7.81. The molecule has 2 aromatic rings. The second-order valence-electron chi connectivity index (χ2n) is 3.71. The minimum absolute atomic E-state index is 0.252. The van der Waals surface area contributed by atoms with Crippen molar-refractivity contribution in [2.75, 3.05) is 5.32 Å². The molecule has 0 aromatic heterocycles. The largest absolute Gasteiger partial charge is 0.321 e. The Balaban J connectivity index is 2.25. The predicted molar refractivity (Wildman–Crippen MR) is 91.3 cm³/mol. The average molecular weight is 471 g/mol. The van der Waals surface area contributed by atoms with E-state index in [2.05, 4.69) is 43.8 Å². The predicted octanol–water partition coefficient (Wildman–Crippen LogP) is 5.61. The van der Waals surface area contributed by atoms with Crippen molar-refractivity contribution in [1.82, 2.24) is 0 Å². The number of amides is 1. The SMILES string of the molecule is O=C(Nc1cc(I)ccc1Cl)c1ccc(Br)c(Cl)c1. The van der Waals surface area contributed by atoms with Gasteiger partial charge in [0.2, 0.25) is 0 Å². The van der Waals surface area contributed by atoms with Crippen LogP contribution in [0.2, 0.25) is 10.0 Å². The van der Waals surface area contributed by atoms with Crippen LogP contribution in [0.1, 0.15) is 10.4 Å². The van der Waals surface area contributed by atoms with Gasteiger partial charge in [0, 0.05) is 13.6 Å². The van der Waals surface area contributed by atoms with Gasteiger partial charge in [-0.2, -0.15) is 0 Å². The summed E-state index contributed by atoms with van der Waals surface area (Å²) in [7, 11) is 0. The van der Waals surface area contributed by atoms with E-state index in [0.717, 1.165) is 8.04 Å². The van der Waals surface area contributed by atoms with Gasteiger partial charge in [-0.1, -0.05) is 23.2 Å². The van der Waals surface area contributed by atoms with Gasteiger partial charge >= 0.3 is 0 Å². The zero-order valence-electron chi connectivity index (χ0n) is 9.38. The summed E-state index contributed by atoms with van der Waals surface area (Å²) >= 11 is 17.4. The van der Waals surface area contributed by atoms with Crippen molar-refractivity contribution in [1.29, 1.82) is 0 Å². The van der Waals surface area contributed by atoms with Crippen molar-refractivity contribution >= 4 is 73.3 Å². The Morgan fingerprint density at radius 2 is 1.84 bits per heavy atom. The van der Waals surface area contributed by atoms with Crippen molar-refractivity contribution in [2.24, 2.45) is 0 Å². The molecule has 0 bridgehead atoms. The van der Waals surface area contributed by atoms with Crippen LogP contribution >= 0.6 is 61.7 Å². The highest BCUT2D eigenvalue weighted by molar-refractivity contribution is 14.1. The zero-order valence-corrected chi connectivity index (χ0v) is 14.6. The first-order valence-electron chi connectivity index (χ1n) is 5.19. The van der Waals surface area contributed by atoms with Crippen molar-refractivity contribution < 1.29 is 4.79 Å². The van der Waals surface area contributed by atoms with Crippen LogP contribution in [0, 0.1) is 3.57 Å². The molecule has 0 saturated carbocycles. The molecule has 6 heteroatoms. The van der Waals surface area contributed by atoms with Gasteiger partial charge in [-0.05, 0) is 74.9 Å². The van der Waals surface area contributed by atoms with E-state index in [1.165, 1.54) is 0 Å². The smallest absolute Gasteiger partial charge is 0.255 e. The molecule has 0 aliphatic carbocycles. The molecule has 0 atom stereocenters. The molecule has 1 amide bonds. The highest BCUT2D eigenvalue weighted by Gasteiger charge is 2.10. The third-order valence-electron chi connectivity index (χ3n) is 2.36. The number of anilines is 1. The van der Waals surface area contributed by atoms with Gasteiger partial charge in [0.05, 0.1) is 15.7 Å². The van der Waals surface area contributed by atoms with E-state index in [-0.39, 0.29) is 5.91 Å². The van der Waals surface area contributed by atoms with Gasteiger partial charge in [-0.15, -0.1) is 0 Å². The Kier molecular flexibility index (Phi) is 5.11. The lowest BCUT2D eigenvalue weighted by atomic mass is 10.2. The van der Waals surface area contributed by atoms with Crippen molar-refractivity contribution in [3.63, 3.8) is 0 Å². The summed E-state index contributed by atoms with van der Waals surface area (Å²) in [6.07, 6.45) is 0. The Hall–Kier alpha value is -0.300. The lowest BCUT2D eigenvalue weighted by molar-refractivity contribution is 0.102. The molecule has 2 nitrogen and oxygen atoms in total. The van der Waals surface area contributed by atoms with Crippen LogP contribution < -0.4 is 5.32 Å². The third-order valence-corrected chi connectivity index (χ3v) is 4.59. The second kappa shape index (κ2) is 6.43. The van der Waals surface area contributed by atoms with Crippen LogP contribution in [0.5, 0.6) is 0 Å². The first kappa shape index (κ1) is 15.1. The average Bonchev–Trinajstić information content (AvgIpc) is 2.37. The van der Waals surface area contributed by atoms with Crippen molar-refractivity contribution in [3.8, 4) is 0 Å². The molecule has 0 aliphatic rings. The molecule has 1 N–H and O–H groups in total. The van der Waals surface area contributed by atoms with E-state index < -0.39 is 0 Å². The maximum Gasteiger partial charge on any atom is 0.255 e. The van der Waals surface area contributed by atoms with Crippen LogP contribution in [0.15, 0.2) is 40.9 Å². The number of rotatable bonds is 2. The van der Waals surface area contributed by atoms with Crippen molar-refractivity contribution in [3.05, 3.63) is 60.0 Å². The lowest BCUT2D eigenvalue weighted by Gasteiger charge is -2.08. The zero-order chi connectivity index (χ0) is 14.0. The molecule has 0 heterocycles. The molecule has 0 saturated heterocycles. The fraction of sp³-hybridized carbons (Fsp3) is 0. The number of halogens is 4. The molecule has 2 rings (SSSR count). The summed E-state index contributed by atoms with van der Waals surface area (Å²) < 4.78 is 1.74. The molecule has 0 fully saturated rings. The van der Waals surface area contributed by atoms with Gasteiger partial charge in [0.15, 0.2) is 0 Å². The molecule has 0 unspecified atom stereocenters. The topological polar surface area (TPSA) is 29.1 Å². The van der Waals surface area contributed by atoms with E-state index in [1.54, 1.807) is 30.3 Å². The van der Waals surface area contributed by atoms with Crippen LogP contribution in [-0.4, -0.2) is 5.91 Å². The molecule has 0 aliphatic heterocycles. The van der Waals surface area contributed by atoms with Crippen LogP contribution in [0.25, 0.3) is 0 Å². The first-order chi connectivity index (χ1) is 8.97. The summed E-state index contributed by atoms with van der Waals surface area (Å²) in [4.78, 5) is 12.1. The van der Waals surface area contributed by atoms with Gasteiger partial charge in [0.25, 0.3) is 5.91 Å². The minimum Gasteiger partial charge on any atom is -0.321 e. The standard InChI is InChI=1S/C13H7BrCl2INO/c14-9-3-1-7(5-11(9)16)13(19)18-12-6-8(17)2-4-10(12)15/h1-6H,(H,18,19). The number of hydrogen-bond donors (Lipinski definition) is 1. The molecule has 0 radical (unpaired) electrons. The molecule has 2 aromatic carbocycles. The maximum absolute atomic E-state index is 12.1. The van der Waals surface area contributed by atoms with Crippen LogP contribution in [0.4, 0.5) is 5.69 Å². The minimum atomic E-state index is -0.252. The monoisotopic (exact) mass is 469 g/mol. The number of nitrogens with one attached hydrogen (secondary N) is 1. The fourth-order valence-electron chi connectivity index (χ4n) is 1.43. The van der Waals surface area contributed by atoms with Crippen LogP contribution in [-0.2, 0) is 0 Å². The van der Waals surface area contributed by atoms with E-state index >= 15 is 0 Å². The Labute approximate surface area is 142 Å². The quantitative estimate of drug-likeness (QED) is 0.568. The maximum atomic E-state index is 12.1. The van der Waals surface area contributed by atoms with Crippen molar-refractivity contribution in [2.45, 2.75) is 0 Å². The van der Waals surface area contributed by atoms with Gasteiger partial charge in [-0.3, -0.25) is 4.79 Å². The highest BCUT2D eigenvalue weighted by Crippen LogP contribution is 2.26. The molecule has 98 valence electrons. The Bertz CT molecular complexity index is 649. The third kappa shape index (κ3) is 3.84. The number of hydrogen-bond acceptors (Lipinski definition) is 1. The lowest BCUT2D eigenvalue weighted by Crippen LogP contribution is -2.12. The summed E-state index contributed by atoms with van der Waals surface area (Å²) in [5.74, 6) is -0.252. The highest BCUT2D eigenvalue weighted by atomic mass is 127. The normalized spacial score (nSPS) is 10.3. The Morgan fingerprint density at radius 3 is 2.53 bits per heavy atom. The van der Waals surface area contributed by atoms with Gasteiger partial charge in [-0.25, -0.2) is 0 Å². The number of carbonyl (C=O) groups excluding carboxylic acids is 1. The molecular weight excluding hydrogens is 464 g/mol. The molecular formula is C13H7BrCl2INO. The van der Waals surface area contributed by atoms with E-state index in [4.69, 9.17) is 23.2 Å². The van der Waals surface area contributed by atoms with Gasteiger partial charge in [0.1, 0.15) is 0 Å². The van der Waals surface area contributed by atoms with Crippen LogP contribution in [0.3, 0.4) is 0 Å². The fourth-order valence-corrected chi connectivity index (χ4v) is 2.51. The summed E-state index contributed by atoms with van der Waals surface area (Å²) in [5, 5.41) is 3.75. The molecule has 19 heavy (non-hydrogen) atoms. The van der Waals surface area contributed by atoms with E-state index in [9.17, 15) is 4.79 Å². The van der Waals surface area contributed by atoms with E-state index in [1.807, 2.05) is 6.07 Å². The van der Waals surface area contributed by atoms with Gasteiger partial charge < -0.3 is 5.32 Å². The molecule has 0 spiro atoms. The van der Waals surface area contributed by atoms with E-state index in [0.29, 0.717) is 21.3 Å². The summed E-state index contributed by atoms with van der Waals surface area (Å²) in [6, 6.07) is 10.4. The Morgan fingerprint density at radius 1 is 1.11 bits per heavy atom. The summed E-state index contributed by atoms with van der Waals surface area (Å²) in [6.45, 7) is 0. The number of carbonyl (C=O) groups is 1. The summed E-state index contributed by atoms with van der Waals surface area (Å²) in [5.41, 5.74) is 1.06.